The third-order valence-corrected chi connectivity index (χ3v) is 3.48. The standard InChI is InChI=1S/C12H13BrN2O3/c13-8-1-2-10(9(4-8)12(14)18)15-5-7(6-15)3-11(16)17/h1-2,4,7H,3,5-6H2,(H2,14,18)(H,16,17). The lowest BCUT2D eigenvalue weighted by Crippen LogP contribution is -2.48. The molecule has 5 nitrogen and oxygen atoms in total. The quantitative estimate of drug-likeness (QED) is 0.881. The first-order chi connectivity index (χ1) is 8.47. The number of benzene rings is 1. The molecule has 0 radical (unpaired) electrons. The van der Waals surface area contributed by atoms with Gasteiger partial charge in [-0.25, -0.2) is 0 Å². The van der Waals surface area contributed by atoms with E-state index in [1.54, 1.807) is 6.07 Å². The third kappa shape index (κ3) is 2.64. The van der Waals surface area contributed by atoms with E-state index in [9.17, 15) is 9.59 Å². The van der Waals surface area contributed by atoms with Gasteiger partial charge in [-0.3, -0.25) is 9.59 Å². The van der Waals surface area contributed by atoms with Gasteiger partial charge in [-0.2, -0.15) is 0 Å². The Morgan fingerprint density at radius 2 is 2.11 bits per heavy atom. The van der Waals surface area contributed by atoms with E-state index in [1.165, 1.54) is 0 Å². The third-order valence-electron chi connectivity index (χ3n) is 2.99. The molecule has 1 heterocycles. The molecule has 2 rings (SSSR count). The fourth-order valence-corrected chi connectivity index (χ4v) is 2.49. The van der Waals surface area contributed by atoms with Crippen molar-refractivity contribution in [1.29, 1.82) is 0 Å². The topological polar surface area (TPSA) is 83.6 Å². The molecular formula is C12H13BrN2O3. The first-order valence-corrected chi connectivity index (χ1v) is 6.32. The fourth-order valence-electron chi connectivity index (χ4n) is 2.12. The van der Waals surface area contributed by atoms with Crippen molar-refractivity contribution in [2.45, 2.75) is 6.42 Å². The summed E-state index contributed by atoms with van der Waals surface area (Å²) in [6.45, 7) is 1.29. The lowest BCUT2D eigenvalue weighted by atomic mass is 9.94. The highest BCUT2D eigenvalue weighted by molar-refractivity contribution is 9.10. The van der Waals surface area contributed by atoms with Crippen molar-refractivity contribution >= 4 is 33.5 Å². The number of halogens is 1. The Bertz CT molecular complexity index is 498. The van der Waals surface area contributed by atoms with Gasteiger partial charge in [0.2, 0.25) is 0 Å². The molecule has 1 aromatic rings. The first kappa shape index (κ1) is 12.9. The Hall–Kier alpha value is -1.56. The first-order valence-electron chi connectivity index (χ1n) is 5.53. The van der Waals surface area contributed by atoms with Crippen LogP contribution in [0.2, 0.25) is 0 Å². The van der Waals surface area contributed by atoms with Crippen LogP contribution in [0.15, 0.2) is 22.7 Å². The molecule has 96 valence electrons. The Balaban J connectivity index is 2.11. The molecule has 1 amide bonds. The molecule has 1 aliphatic heterocycles. The van der Waals surface area contributed by atoms with E-state index in [-0.39, 0.29) is 12.3 Å². The lowest BCUT2D eigenvalue weighted by Gasteiger charge is -2.41. The Kier molecular flexibility index (Phi) is 3.56. The van der Waals surface area contributed by atoms with Gasteiger partial charge in [0.15, 0.2) is 0 Å². The number of hydrogen-bond donors (Lipinski definition) is 2. The molecule has 0 spiro atoms. The zero-order valence-corrected chi connectivity index (χ0v) is 11.2. The van der Waals surface area contributed by atoms with Gasteiger partial charge in [0, 0.05) is 29.2 Å². The van der Waals surface area contributed by atoms with Gasteiger partial charge >= 0.3 is 5.97 Å². The molecule has 6 heteroatoms. The normalized spacial score (nSPS) is 15.3. The van der Waals surface area contributed by atoms with Gasteiger partial charge in [-0.15, -0.1) is 0 Å². The summed E-state index contributed by atoms with van der Waals surface area (Å²) in [4.78, 5) is 23.9. The second-order valence-corrected chi connectivity index (χ2v) is 5.31. The van der Waals surface area contributed by atoms with Crippen LogP contribution < -0.4 is 10.6 Å². The number of anilines is 1. The largest absolute Gasteiger partial charge is 0.481 e. The molecule has 1 saturated heterocycles. The summed E-state index contributed by atoms with van der Waals surface area (Å²) in [5.41, 5.74) is 6.56. The molecular weight excluding hydrogens is 300 g/mol. The van der Waals surface area contributed by atoms with E-state index < -0.39 is 11.9 Å². The van der Waals surface area contributed by atoms with Crippen molar-refractivity contribution in [2.24, 2.45) is 11.7 Å². The van der Waals surface area contributed by atoms with E-state index >= 15 is 0 Å². The SMILES string of the molecule is NC(=O)c1cc(Br)ccc1N1CC(CC(=O)O)C1. The molecule has 1 aromatic carbocycles. The van der Waals surface area contributed by atoms with Crippen LogP contribution in [0, 0.1) is 5.92 Å². The van der Waals surface area contributed by atoms with Crippen molar-refractivity contribution in [1.82, 2.24) is 0 Å². The van der Waals surface area contributed by atoms with Crippen LogP contribution in [0.25, 0.3) is 0 Å². The highest BCUT2D eigenvalue weighted by Crippen LogP contribution is 2.31. The van der Waals surface area contributed by atoms with E-state index in [0.717, 1.165) is 10.2 Å². The molecule has 0 bridgehead atoms. The zero-order chi connectivity index (χ0) is 13.3. The van der Waals surface area contributed by atoms with E-state index in [2.05, 4.69) is 15.9 Å². The summed E-state index contributed by atoms with van der Waals surface area (Å²) in [6, 6.07) is 5.34. The van der Waals surface area contributed by atoms with Crippen LogP contribution in [-0.4, -0.2) is 30.1 Å². The van der Waals surface area contributed by atoms with Crippen molar-refractivity contribution in [2.75, 3.05) is 18.0 Å². The van der Waals surface area contributed by atoms with Gasteiger partial charge in [-0.1, -0.05) is 15.9 Å². The number of carbonyl (C=O) groups is 2. The summed E-state index contributed by atoms with van der Waals surface area (Å²) < 4.78 is 0.794. The number of carbonyl (C=O) groups excluding carboxylic acids is 1. The minimum atomic E-state index is -0.786. The molecule has 0 atom stereocenters. The maximum absolute atomic E-state index is 11.4. The number of amides is 1. The summed E-state index contributed by atoms with van der Waals surface area (Å²) in [5.74, 6) is -1.12. The molecule has 1 aliphatic rings. The number of hydrogen-bond acceptors (Lipinski definition) is 3. The summed E-state index contributed by atoms with van der Waals surface area (Å²) in [6.07, 6.45) is 0.166. The summed E-state index contributed by atoms with van der Waals surface area (Å²) in [7, 11) is 0. The highest BCUT2D eigenvalue weighted by Gasteiger charge is 2.30. The molecule has 1 fully saturated rings. The predicted molar refractivity (Wildman–Crippen MR) is 70.6 cm³/mol. The zero-order valence-electron chi connectivity index (χ0n) is 9.60. The minimum Gasteiger partial charge on any atom is -0.481 e. The van der Waals surface area contributed by atoms with Crippen LogP contribution in [0.3, 0.4) is 0 Å². The molecule has 0 unspecified atom stereocenters. The van der Waals surface area contributed by atoms with Gasteiger partial charge in [0.1, 0.15) is 0 Å². The van der Waals surface area contributed by atoms with E-state index in [1.807, 2.05) is 17.0 Å². The average Bonchev–Trinajstić information content (AvgIpc) is 2.23. The number of aliphatic carboxylic acids is 1. The van der Waals surface area contributed by atoms with E-state index in [4.69, 9.17) is 10.8 Å². The molecule has 3 N–H and O–H groups in total. The van der Waals surface area contributed by atoms with Crippen LogP contribution >= 0.6 is 15.9 Å². The van der Waals surface area contributed by atoms with Crippen molar-refractivity contribution < 1.29 is 14.7 Å². The predicted octanol–water partition coefficient (Wildman–Crippen LogP) is 1.46. The molecule has 0 aromatic heterocycles. The fraction of sp³-hybridized carbons (Fsp3) is 0.333. The molecule has 0 saturated carbocycles. The van der Waals surface area contributed by atoms with Crippen molar-refractivity contribution in [3.05, 3.63) is 28.2 Å². The minimum absolute atomic E-state index is 0.145. The Morgan fingerprint density at radius 1 is 1.44 bits per heavy atom. The molecule has 18 heavy (non-hydrogen) atoms. The van der Waals surface area contributed by atoms with Gasteiger partial charge in [-0.05, 0) is 18.2 Å². The number of carboxylic acid groups (broad SMARTS) is 1. The summed E-state index contributed by atoms with van der Waals surface area (Å²) in [5, 5.41) is 8.69. The number of nitrogens with two attached hydrogens (primary N) is 1. The maximum Gasteiger partial charge on any atom is 0.303 e. The van der Waals surface area contributed by atoms with Crippen LogP contribution in [0.1, 0.15) is 16.8 Å². The monoisotopic (exact) mass is 312 g/mol. The highest BCUT2D eigenvalue weighted by atomic mass is 79.9. The van der Waals surface area contributed by atoms with Crippen molar-refractivity contribution in [3.8, 4) is 0 Å². The lowest BCUT2D eigenvalue weighted by molar-refractivity contribution is -0.138. The number of nitrogens with zero attached hydrogens (tertiary/aromatic N) is 1. The van der Waals surface area contributed by atoms with Crippen LogP contribution in [0.5, 0.6) is 0 Å². The Morgan fingerprint density at radius 3 is 2.67 bits per heavy atom. The Labute approximate surface area is 113 Å². The van der Waals surface area contributed by atoms with Gasteiger partial charge in [0.05, 0.1) is 12.0 Å². The van der Waals surface area contributed by atoms with Crippen LogP contribution in [0.4, 0.5) is 5.69 Å². The smallest absolute Gasteiger partial charge is 0.303 e. The van der Waals surface area contributed by atoms with Gasteiger partial charge < -0.3 is 15.7 Å². The number of rotatable bonds is 4. The number of carboxylic acids is 1. The number of primary amides is 1. The second-order valence-electron chi connectivity index (χ2n) is 4.39. The van der Waals surface area contributed by atoms with Crippen molar-refractivity contribution in [3.63, 3.8) is 0 Å². The maximum atomic E-state index is 11.4. The average molecular weight is 313 g/mol. The summed E-state index contributed by atoms with van der Waals surface area (Å²) >= 11 is 3.29. The van der Waals surface area contributed by atoms with Gasteiger partial charge in [0.25, 0.3) is 5.91 Å². The second kappa shape index (κ2) is 4.97. The molecule has 0 aliphatic carbocycles. The van der Waals surface area contributed by atoms with E-state index in [0.29, 0.717) is 18.7 Å². The van der Waals surface area contributed by atoms with Crippen LogP contribution in [-0.2, 0) is 4.79 Å².